The molecule has 0 bridgehead atoms. The van der Waals surface area contributed by atoms with Gasteiger partial charge in [-0.3, -0.25) is 4.18 Å². The third-order valence-corrected chi connectivity index (χ3v) is 11.4. The molecular weight excluding hydrogens is 408 g/mol. The van der Waals surface area contributed by atoms with E-state index in [9.17, 15) is 13.5 Å². The van der Waals surface area contributed by atoms with E-state index >= 15 is 0 Å². The van der Waals surface area contributed by atoms with E-state index in [1.807, 2.05) is 19.1 Å². The highest BCUT2D eigenvalue weighted by Crippen LogP contribution is 2.66. The fraction of sp³-hybridized carbons (Fsp3) is 0.769. The molecule has 1 aromatic rings. The molecule has 0 amide bonds. The maximum absolute atomic E-state index is 13.0. The average Bonchev–Trinajstić information content (AvgIpc) is 3.04. The van der Waals surface area contributed by atoms with Gasteiger partial charge in [0.05, 0.1) is 17.1 Å². The van der Waals surface area contributed by atoms with E-state index in [1.165, 1.54) is 19.3 Å². The average molecular weight is 447 g/mol. The molecule has 4 fully saturated rings. The summed E-state index contributed by atoms with van der Waals surface area (Å²) in [5.74, 6) is 2.58. The zero-order chi connectivity index (χ0) is 22.0. The lowest BCUT2D eigenvalue weighted by Gasteiger charge is -2.60. The third kappa shape index (κ3) is 3.50. The maximum atomic E-state index is 13.0. The van der Waals surface area contributed by atoms with Crippen LogP contribution in [0.3, 0.4) is 0 Å². The second kappa shape index (κ2) is 7.56. The van der Waals surface area contributed by atoms with Crippen LogP contribution in [0, 0.1) is 41.4 Å². The number of aryl methyl sites for hydroxylation is 1. The van der Waals surface area contributed by atoms with Crippen molar-refractivity contribution >= 4 is 10.1 Å². The molecule has 4 aliphatic rings. The molecule has 0 aromatic heterocycles. The Balaban J connectivity index is 1.36. The fourth-order valence-corrected chi connectivity index (χ4v) is 9.46. The molecule has 5 heteroatoms. The molecule has 0 aliphatic heterocycles. The second-order valence-corrected chi connectivity index (χ2v) is 13.1. The summed E-state index contributed by atoms with van der Waals surface area (Å²) in [6.07, 6.45) is 9.32. The van der Waals surface area contributed by atoms with Gasteiger partial charge in [0.25, 0.3) is 10.1 Å². The van der Waals surface area contributed by atoms with Gasteiger partial charge in [-0.25, -0.2) is 0 Å². The van der Waals surface area contributed by atoms with E-state index < -0.39 is 10.1 Å². The lowest BCUT2D eigenvalue weighted by molar-refractivity contribution is -0.131. The first-order valence-electron chi connectivity index (χ1n) is 12.3. The molecule has 31 heavy (non-hydrogen) atoms. The van der Waals surface area contributed by atoms with Crippen LogP contribution in [-0.2, 0) is 14.3 Å². The van der Waals surface area contributed by atoms with Crippen LogP contribution < -0.4 is 0 Å². The van der Waals surface area contributed by atoms with E-state index in [1.54, 1.807) is 12.1 Å². The number of aliphatic hydroxyl groups is 1. The summed E-state index contributed by atoms with van der Waals surface area (Å²) in [5.41, 5.74) is 1.33. The van der Waals surface area contributed by atoms with Crippen molar-refractivity contribution in [1.82, 2.24) is 0 Å². The van der Waals surface area contributed by atoms with Gasteiger partial charge in [0.1, 0.15) is 0 Å². The Labute approximate surface area is 187 Å². The molecule has 172 valence electrons. The molecule has 4 aliphatic carbocycles. The number of rotatable bonds is 3. The Morgan fingerprint density at radius 1 is 0.903 bits per heavy atom. The molecule has 0 heterocycles. The quantitative estimate of drug-likeness (QED) is 0.625. The van der Waals surface area contributed by atoms with Gasteiger partial charge in [0, 0.05) is 0 Å². The van der Waals surface area contributed by atoms with Gasteiger partial charge in [0.2, 0.25) is 0 Å². The van der Waals surface area contributed by atoms with Crippen LogP contribution in [0.4, 0.5) is 0 Å². The van der Waals surface area contributed by atoms with Gasteiger partial charge in [0.15, 0.2) is 0 Å². The van der Waals surface area contributed by atoms with Gasteiger partial charge in [-0.15, -0.1) is 0 Å². The van der Waals surface area contributed by atoms with Crippen molar-refractivity contribution in [2.24, 2.45) is 34.5 Å². The molecule has 0 radical (unpaired) electrons. The molecule has 4 nitrogen and oxygen atoms in total. The standard InChI is InChI=1S/C26H38O4S/c1-17-4-7-20(8-5-17)31(28,29)30-24-11-10-22-21-9-6-18-16-19(27)12-14-25(18,2)23(21)13-15-26(22,24)3/h4-5,7-8,18-19,21-24,27H,6,9-16H2,1-3H3/t18-,19+,21-,22-,23-,24-,25-,26-/m1/s1. The number of aliphatic hydroxyl groups excluding tert-OH is 1. The predicted octanol–water partition coefficient (Wildman–Crippen LogP) is 5.47. The first kappa shape index (κ1) is 21.9. The fourth-order valence-electron chi connectivity index (χ4n) is 8.26. The molecule has 0 unspecified atom stereocenters. The van der Waals surface area contributed by atoms with Crippen molar-refractivity contribution in [3.63, 3.8) is 0 Å². The SMILES string of the molecule is Cc1ccc(S(=O)(=O)O[C@@H]2CC[C@@H]3[C@H]4CC[C@@H]5C[C@@H](O)CC[C@@]5(C)[C@@H]4CC[C@]32C)cc1. The van der Waals surface area contributed by atoms with Crippen molar-refractivity contribution in [2.45, 2.75) is 95.7 Å². The van der Waals surface area contributed by atoms with Gasteiger partial charge in [-0.1, -0.05) is 31.5 Å². The topological polar surface area (TPSA) is 63.6 Å². The number of benzene rings is 1. The molecule has 8 atom stereocenters. The van der Waals surface area contributed by atoms with Crippen LogP contribution in [-0.4, -0.2) is 25.7 Å². The molecule has 1 aromatic carbocycles. The van der Waals surface area contributed by atoms with Crippen LogP contribution in [0.15, 0.2) is 29.2 Å². The highest BCUT2D eigenvalue weighted by Gasteiger charge is 2.61. The molecule has 1 N–H and O–H groups in total. The molecule has 4 saturated carbocycles. The molecule has 0 saturated heterocycles. The summed E-state index contributed by atoms with van der Waals surface area (Å²) in [4.78, 5) is 0.271. The van der Waals surface area contributed by atoms with E-state index in [2.05, 4.69) is 13.8 Å². The molecule has 5 rings (SSSR count). The van der Waals surface area contributed by atoms with Crippen LogP contribution in [0.2, 0.25) is 0 Å². The van der Waals surface area contributed by atoms with Crippen LogP contribution >= 0.6 is 0 Å². The summed E-state index contributed by atoms with van der Waals surface area (Å²) in [5, 5.41) is 10.2. The largest absolute Gasteiger partial charge is 0.393 e. The highest BCUT2D eigenvalue weighted by molar-refractivity contribution is 7.86. The van der Waals surface area contributed by atoms with Crippen molar-refractivity contribution in [2.75, 3.05) is 0 Å². The number of hydrogen-bond donors (Lipinski definition) is 1. The first-order valence-corrected chi connectivity index (χ1v) is 13.7. The Kier molecular flexibility index (Phi) is 5.35. The van der Waals surface area contributed by atoms with Crippen molar-refractivity contribution in [3.05, 3.63) is 29.8 Å². The maximum Gasteiger partial charge on any atom is 0.297 e. The summed E-state index contributed by atoms with van der Waals surface area (Å²) in [6, 6.07) is 6.99. The number of fused-ring (bicyclic) bond motifs is 5. The Hall–Kier alpha value is -0.910. The van der Waals surface area contributed by atoms with Crippen molar-refractivity contribution < 1.29 is 17.7 Å². The Morgan fingerprint density at radius 2 is 1.58 bits per heavy atom. The smallest absolute Gasteiger partial charge is 0.297 e. The second-order valence-electron chi connectivity index (χ2n) is 11.6. The van der Waals surface area contributed by atoms with Crippen molar-refractivity contribution in [1.29, 1.82) is 0 Å². The van der Waals surface area contributed by atoms with Gasteiger partial charge < -0.3 is 5.11 Å². The lowest BCUT2D eigenvalue weighted by atomic mass is 9.45. The van der Waals surface area contributed by atoms with Crippen LogP contribution in [0.25, 0.3) is 0 Å². The number of hydrogen-bond acceptors (Lipinski definition) is 4. The summed E-state index contributed by atoms with van der Waals surface area (Å²) in [7, 11) is -3.74. The Morgan fingerprint density at radius 3 is 2.32 bits per heavy atom. The van der Waals surface area contributed by atoms with Gasteiger partial charge in [-0.05, 0) is 111 Å². The highest BCUT2D eigenvalue weighted by atomic mass is 32.2. The summed E-state index contributed by atoms with van der Waals surface area (Å²) < 4.78 is 32.0. The van der Waals surface area contributed by atoms with E-state index in [-0.39, 0.29) is 22.5 Å². The minimum atomic E-state index is -3.74. The van der Waals surface area contributed by atoms with E-state index in [0.717, 1.165) is 44.1 Å². The summed E-state index contributed by atoms with van der Waals surface area (Å²) in [6.45, 7) is 6.75. The minimum Gasteiger partial charge on any atom is -0.393 e. The zero-order valence-electron chi connectivity index (χ0n) is 19.2. The Bertz CT molecular complexity index is 925. The normalized spacial score (nSPS) is 44.9. The predicted molar refractivity (Wildman–Crippen MR) is 121 cm³/mol. The molecule has 0 spiro atoms. The third-order valence-electron chi connectivity index (χ3n) is 10.1. The monoisotopic (exact) mass is 446 g/mol. The van der Waals surface area contributed by atoms with E-state index in [0.29, 0.717) is 29.1 Å². The van der Waals surface area contributed by atoms with Crippen LogP contribution in [0.5, 0.6) is 0 Å². The zero-order valence-corrected chi connectivity index (χ0v) is 20.0. The lowest BCUT2D eigenvalue weighted by Crippen LogP contribution is -2.54. The first-order chi connectivity index (χ1) is 14.6. The van der Waals surface area contributed by atoms with E-state index in [4.69, 9.17) is 4.18 Å². The van der Waals surface area contributed by atoms with Crippen LogP contribution in [0.1, 0.15) is 77.2 Å². The van der Waals surface area contributed by atoms with Gasteiger partial charge >= 0.3 is 0 Å². The summed E-state index contributed by atoms with van der Waals surface area (Å²) >= 11 is 0. The minimum absolute atomic E-state index is 0.0592. The van der Waals surface area contributed by atoms with Gasteiger partial charge in [-0.2, -0.15) is 8.42 Å². The van der Waals surface area contributed by atoms with Crippen molar-refractivity contribution in [3.8, 4) is 0 Å². The molecular formula is C26H38O4S.